The van der Waals surface area contributed by atoms with E-state index in [-0.39, 0.29) is 5.16 Å². The largest absolute Gasteiger partial charge is 0.0995 e. The summed E-state index contributed by atoms with van der Waals surface area (Å²) in [6, 6.07) is 0. The first kappa shape index (κ1) is 9.72. The maximum atomic E-state index is 5.81. The molecule has 0 aromatic heterocycles. The van der Waals surface area contributed by atoms with Gasteiger partial charge in [-0.2, -0.15) is 0 Å². The Kier molecular flexibility index (Phi) is 2.98. The first-order valence-corrected chi connectivity index (χ1v) is 5.20. The number of hydrogen-bond donors (Lipinski definition) is 0. The zero-order valence-corrected chi connectivity index (χ0v) is 8.63. The minimum absolute atomic E-state index is 0.272. The van der Waals surface area contributed by atoms with Crippen molar-refractivity contribution in [2.75, 3.05) is 0 Å². The maximum absolute atomic E-state index is 5.81. The van der Waals surface area contributed by atoms with Crippen molar-refractivity contribution in [2.45, 2.75) is 39.8 Å². The van der Waals surface area contributed by atoms with Crippen LogP contribution in [0.15, 0.2) is 0 Å². The molecular formula is C7H16ClP. The molecule has 2 heteroatoms. The van der Waals surface area contributed by atoms with Crippen molar-refractivity contribution >= 4 is 19.2 Å². The Bertz CT molecular complexity index is 91.6. The average Bonchev–Trinajstić information content (AvgIpc) is 1.64. The van der Waals surface area contributed by atoms with E-state index >= 15 is 0 Å². The van der Waals surface area contributed by atoms with Crippen molar-refractivity contribution in [1.82, 2.24) is 0 Å². The van der Waals surface area contributed by atoms with Gasteiger partial charge in [0.25, 0.3) is 0 Å². The lowest BCUT2D eigenvalue weighted by Crippen LogP contribution is -2.30. The van der Waals surface area contributed by atoms with Crippen LogP contribution in [0.3, 0.4) is 0 Å². The summed E-state index contributed by atoms with van der Waals surface area (Å²) >= 11 is 5.81. The third-order valence-corrected chi connectivity index (χ3v) is 4.75. The van der Waals surface area contributed by atoms with Crippen LogP contribution in [0.4, 0.5) is 0 Å². The Labute approximate surface area is 64.9 Å². The van der Waals surface area contributed by atoms with E-state index in [9.17, 15) is 0 Å². The molecule has 0 aliphatic heterocycles. The first-order valence-electron chi connectivity index (χ1n) is 3.19. The van der Waals surface area contributed by atoms with Gasteiger partial charge in [-0.1, -0.05) is 45.9 Å². The van der Waals surface area contributed by atoms with Gasteiger partial charge in [0.05, 0.1) is 0 Å². The van der Waals surface area contributed by atoms with Crippen molar-refractivity contribution in [2.24, 2.45) is 5.41 Å². The Morgan fingerprint density at radius 1 is 1.00 bits per heavy atom. The van der Waals surface area contributed by atoms with Crippen LogP contribution >= 0.6 is 19.2 Å². The lowest BCUT2D eigenvalue weighted by molar-refractivity contribution is 0.318. The zero-order valence-electron chi connectivity index (χ0n) is 6.88. The molecule has 0 aromatic rings. The number of hydrogen-bond acceptors (Lipinski definition) is 0. The summed E-state index contributed by atoms with van der Waals surface area (Å²) < 4.78 is 0. The second-order valence-electron chi connectivity index (χ2n) is 3.97. The van der Waals surface area contributed by atoms with Crippen LogP contribution in [0.2, 0.25) is 0 Å². The summed E-state index contributed by atoms with van der Waals surface area (Å²) in [5.74, 6) is 0. The SMILES string of the molecule is CC(C)(C)C(C)(C)PCl. The van der Waals surface area contributed by atoms with Gasteiger partial charge >= 0.3 is 0 Å². The van der Waals surface area contributed by atoms with Crippen molar-refractivity contribution in [1.29, 1.82) is 0 Å². The molecule has 0 amide bonds. The second kappa shape index (κ2) is 2.76. The van der Waals surface area contributed by atoms with Gasteiger partial charge in [-0.05, 0) is 13.3 Å². The van der Waals surface area contributed by atoms with Crippen LogP contribution < -0.4 is 0 Å². The van der Waals surface area contributed by atoms with Gasteiger partial charge in [0.1, 0.15) is 0 Å². The summed E-state index contributed by atoms with van der Waals surface area (Å²) in [5.41, 5.74) is 0.327. The number of halogens is 1. The topological polar surface area (TPSA) is 0 Å². The number of rotatable bonds is 1. The molecule has 0 spiro atoms. The third-order valence-electron chi connectivity index (χ3n) is 2.11. The van der Waals surface area contributed by atoms with Crippen molar-refractivity contribution in [3.63, 3.8) is 0 Å². The van der Waals surface area contributed by atoms with Crippen LogP contribution in [0.25, 0.3) is 0 Å². The van der Waals surface area contributed by atoms with Gasteiger partial charge in [-0.15, -0.1) is 0 Å². The molecule has 0 fully saturated rings. The monoisotopic (exact) mass is 166 g/mol. The molecule has 0 rings (SSSR count). The highest BCUT2D eigenvalue weighted by Gasteiger charge is 2.31. The minimum atomic E-state index is 0.272. The fourth-order valence-electron chi connectivity index (χ4n) is 0.142. The molecular weight excluding hydrogens is 151 g/mol. The molecule has 56 valence electrons. The van der Waals surface area contributed by atoms with Crippen LogP contribution in [0.5, 0.6) is 0 Å². The highest BCUT2D eigenvalue weighted by Crippen LogP contribution is 2.47. The van der Waals surface area contributed by atoms with Gasteiger partial charge in [0.2, 0.25) is 0 Å². The average molecular weight is 167 g/mol. The molecule has 0 N–H and O–H groups in total. The maximum Gasteiger partial charge on any atom is 0.000838 e. The summed E-state index contributed by atoms with van der Waals surface area (Å²) in [4.78, 5) is 0. The summed E-state index contributed by atoms with van der Waals surface area (Å²) in [5, 5.41) is 0.272. The van der Waals surface area contributed by atoms with Gasteiger partial charge < -0.3 is 0 Å². The summed E-state index contributed by atoms with van der Waals surface area (Å²) in [6.07, 6.45) is 0. The van der Waals surface area contributed by atoms with E-state index in [1.54, 1.807) is 0 Å². The lowest BCUT2D eigenvalue weighted by Gasteiger charge is -2.36. The molecule has 9 heavy (non-hydrogen) atoms. The predicted octanol–water partition coefficient (Wildman–Crippen LogP) is 3.64. The predicted molar refractivity (Wildman–Crippen MR) is 47.7 cm³/mol. The van der Waals surface area contributed by atoms with Crippen LogP contribution in [-0.2, 0) is 0 Å². The highest BCUT2D eigenvalue weighted by atomic mass is 35.7. The summed E-state index contributed by atoms with van der Waals surface area (Å²) in [7, 11) is 0.508. The van der Waals surface area contributed by atoms with E-state index < -0.39 is 0 Å². The highest BCUT2D eigenvalue weighted by molar-refractivity contribution is 7.69. The first-order chi connectivity index (χ1) is 3.81. The van der Waals surface area contributed by atoms with Gasteiger partial charge in [-0.25, -0.2) is 0 Å². The molecule has 0 aliphatic carbocycles. The van der Waals surface area contributed by atoms with Crippen molar-refractivity contribution in [3.8, 4) is 0 Å². The zero-order chi connectivity index (χ0) is 7.71. The van der Waals surface area contributed by atoms with Gasteiger partial charge in [-0.3, -0.25) is 0 Å². The second-order valence-corrected chi connectivity index (χ2v) is 5.98. The third kappa shape index (κ3) is 2.43. The molecule has 0 aromatic carbocycles. The minimum Gasteiger partial charge on any atom is -0.0995 e. The molecule has 0 saturated heterocycles. The fraction of sp³-hybridized carbons (Fsp3) is 1.00. The van der Waals surface area contributed by atoms with E-state index in [0.717, 1.165) is 0 Å². The van der Waals surface area contributed by atoms with E-state index in [1.165, 1.54) is 0 Å². The molecule has 0 bridgehead atoms. The van der Waals surface area contributed by atoms with Crippen LogP contribution in [0.1, 0.15) is 34.6 Å². The molecule has 0 saturated carbocycles. The lowest BCUT2D eigenvalue weighted by atomic mass is 9.82. The van der Waals surface area contributed by atoms with Crippen molar-refractivity contribution in [3.05, 3.63) is 0 Å². The van der Waals surface area contributed by atoms with E-state index in [2.05, 4.69) is 34.6 Å². The normalized spacial score (nSPS) is 15.3. The molecule has 1 unspecified atom stereocenters. The smallest absolute Gasteiger partial charge is 0.000838 e. The van der Waals surface area contributed by atoms with Crippen molar-refractivity contribution < 1.29 is 0 Å². The standard InChI is InChI=1S/C7H16ClP/c1-6(2,3)7(4,5)9-8/h9H,1-5H3. The fourth-order valence-corrected chi connectivity index (χ4v) is 1.28. The molecule has 0 radical (unpaired) electrons. The van der Waals surface area contributed by atoms with E-state index in [4.69, 9.17) is 11.2 Å². The Morgan fingerprint density at radius 3 is 1.33 bits per heavy atom. The Balaban J connectivity index is 4.14. The summed E-state index contributed by atoms with van der Waals surface area (Å²) in [6.45, 7) is 11.1. The Hall–Kier alpha value is 0.720. The molecule has 0 heterocycles. The molecule has 0 nitrogen and oxygen atoms in total. The Morgan fingerprint density at radius 2 is 1.33 bits per heavy atom. The van der Waals surface area contributed by atoms with Crippen LogP contribution in [-0.4, -0.2) is 5.16 Å². The molecule has 0 aliphatic rings. The van der Waals surface area contributed by atoms with Crippen LogP contribution in [0, 0.1) is 5.41 Å². The van der Waals surface area contributed by atoms with E-state index in [0.29, 0.717) is 13.3 Å². The quantitative estimate of drug-likeness (QED) is 0.522. The van der Waals surface area contributed by atoms with Gasteiger partial charge in [0.15, 0.2) is 0 Å². The van der Waals surface area contributed by atoms with E-state index in [1.807, 2.05) is 0 Å². The molecule has 1 atom stereocenters. The van der Waals surface area contributed by atoms with Gasteiger partial charge in [0, 0.05) is 5.16 Å².